The van der Waals surface area contributed by atoms with Gasteiger partial charge in [0.05, 0.1) is 6.61 Å². The van der Waals surface area contributed by atoms with Crippen LogP contribution in [0.15, 0.2) is 37.5 Å². The lowest BCUT2D eigenvalue weighted by atomic mass is 9.70. The van der Waals surface area contributed by atoms with Crippen molar-refractivity contribution in [2.75, 3.05) is 6.61 Å². The maximum absolute atomic E-state index is 9.06. The lowest BCUT2D eigenvalue weighted by molar-refractivity contribution is 0.224. The monoisotopic (exact) mass is 222 g/mol. The molecule has 3 unspecified atom stereocenters. The molecule has 0 bridgehead atoms. The van der Waals surface area contributed by atoms with Gasteiger partial charge in [-0.3, -0.25) is 0 Å². The Morgan fingerprint density at radius 1 is 1.25 bits per heavy atom. The highest BCUT2D eigenvalue weighted by Crippen LogP contribution is 2.39. The van der Waals surface area contributed by atoms with Crippen LogP contribution in [0.1, 0.15) is 33.1 Å². The molecule has 0 amide bonds. The third kappa shape index (κ3) is 3.97. The fraction of sp³-hybridized carbons (Fsp3) is 0.600. The average molecular weight is 222 g/mol. The highest BCUT2D eigenvalue weighted by molar-refractivity contribution is 5.08. The first-order valence-corrected chi connectivity index (χ1v) is 6.00. The molecule has 1 aliphatic carbocycles. The molecule has 0 aromatic carbocycles. The minimum atomic E-state index is 0.141. The smallest absolute Gasteiger partial charge is 0.0641 e. The molecule has 0 radical (unpaired) electrons. The quantitative estimate of drug-likeness (QED) is 0.716. The summed E-state index contributed by atoms with van der Waals surface area (Å²) < 4.78 is 0. The normalized spacial score (nSPS) is 28.8. The van der Waals surface area contributed by atoms with Gasteiger partial charge in [0.15, 0.2) is 0 Å². The van der Waals surface area contributed by atoms with Gasteiger partial charge in [0.25, 0.3) is 0 Å². The average Bonchev–Trinajstić information content (AvgIpc) is 2.31. The summed E-state index contributed by atoms with van der Waals surface area (Å²) in [7, 11) is 0. The summed E-state index contributed by atoms with van der Waals surface area (Å²) in [6.07, 6.45) is 3.56. The molecule has 0 heterocycles. The molecule has 1 rings (SSSR count). The lowest BCUT2D eigenvalue weighted by Gasteiger charge is -2.35. The molecular formula is C15H26O. The van der Waals surface area contributed by atoms with Gasteiger partial charge in [0.1, 0.15) is 0 Å². The van der Waals surface area contributed by atoms with E-state index in [1.54, 1.807) is 0 Å². The van der Waals surface area contributed by atoms with Gasteiger partial charge in [-0.25, -0.2) is 0 Å². The third-order valence-corrected chi connectivity index (χ3v) is 3.61. The van der Waals surface area contributed by atoms with Gasteiger partial charge in [-0.05, 0) is 49.5 Å². The zero-order valence-corrected chi connectivity index (χ0v) is 10.8. The van der Waals surface area contributed by atoms with Gasteiger partial charge in [-0.15, -0.1) is 13.2 Å². The molecule has 1 saturated carbocycles. The van der Waals surface area contributed by atoms with E-state index in [0.29, 0.717) is 11.8 Å². The van der Waals surface area contributed by atoms with Crippen LogP contribution >= 0.6 is 0 Å². The first-order chi connectivity index (χ1) is 7.56. The van der Waals surface area contributed by atoms with E-state index in [-0.39, 0.29) is 6.61 Å². The summed E-state index contributed by atoms with van der Waals surface area (Å²) in [6.45, 7) is 18.6. The first-order valence-electron chi connectivity index (χ1n) is 6.00. The largest absolute Gasteiger partial charge is 0.392 e. The van der Waals surface area contributed by atoms with Crippen LogP contribution in [0.4, 0.5) is 0 Å². The van der Waals surface area contributed by atoms with E-state index in [1.807, 2.05) is 0 Å². The van der Waals surface area contributed by atoms with Gasteiger partial charge < -0.3 is 5.11 Å². The maximum Gasteiger partial charge on any atom is 0.0641 e. The molecular weight excluding hydrogens is 196 g/mol. The Kier molecular flexibility index (Phi) is 7.07. The molecule has 1 aliphatic rings. The molecule has 0 aromatic heterocycles. The van der Waals surface area contributed by atoms with Crippen LogP contribution in [0.25, 0.3) is 0 Å². The van der Waals surface area contributed by atoms with Crippen molar-refractivity contribution in [2.45, 2.75) is 33.1 Å². The summed E-state index contributed by atoms with van der Waals surface area (Å²) >= 11 is 0. The molecule has 1 nitrogen and oxygen atoms in total. The lowest BCUT2D eigenvalue weighted by Crippen LogP contribution is -2.25. The van der Waals surface area contributed by atoms with E-state index >= 15 is 0 Å². The Balaban J connectivity index is 0.00000106. The van der Waals surface area contributed by atoms with Crippen LogP contribution in [0, 0.1) is 17.8 Å². The Morgan fingerprint density at radius 2 is 1.81 bits per heavy atom. The fourth-order valence-corrected chi connectivity index (χ4v) is 2.51. The minimum absolute atomic E-state index is 0.141. The Labute approximate surface area is 101 Å². The van der Waals surface area contributed by atoms with Crippen LogP contribution in [0.3, 0.4) is 0 Å². The molecule has 92 valence electrons. The predicted molar refractivity (Wildman–Crippen MR) is 72.3 cm³/mol. The molecule has 0 spiro atoms. The van der Waals surface area contributed by atoms with Crippen LogP contribution in [0.5, 0.6) is 0 Å². The molecule has 16 heavy (non-hydrogen) atoms. The van der Waals surface area contributed by atoms with Gasteiger partial charge in [-0.2, -0.15) is 0 Å². The van der Waals surface area contributed by atoms with Crippen LogP contribution in [-0.4, -0.2) is 11.7 Å². The van der Waals surface area contributed by atoms with Gasteiger partial charge in [0, 0.05) is 0 Å². The summed E-state index contributed by atoms with van der Waals surface area (Å²) in [5, 5.41) is 9.06. The van der Waals surface area contributed by atoms with E-state index < -0.39 is 0 Å². The molecule has 0 aliphatic heterocycles. The van der Waals surface area contributed by atoms with E-state index in [1.165, 1.54) is 18.4 Å². The number of hydrogen-bond donors (Lipinski definition) is 1. The molecule has 0 aromatic rings. The highest BCUT2D eigenvalue weighted by atomic mass is 16.3. The van der Waals surface area contributed by atoms with Gasteiger partial charge >= 0.3 is 0 Å². The molecule has 1 fully saturated rings. The Morgan fingerprint density at radius 3 is 2.25 bits per heavy atom. The number of aliphatic hydroxyl groups excluding tert-OH is 1. The van der Waals surface area contributed by atoms with Crippen LogP contribution in [0.2, 0.25) is 0 Å². The van der Waals surface area contributed by atoms with Crippen molar-refractivity contribution in [3.8, 4) is 0 Å². The van der Waals surface area contributed by atoms with Crippen molar-refractivity contribution in [3.05, 3.63) is 37.5 Å². The SMILES string of the molecule is C=C.C=C(CO)C1CCC(C)C(C(=C)C)C1. The van der Waals surface area contributed by atoms with E-state index in [2.05, 4.69) is 40.2 Å². The summed E-state index contributed by atoms with van der Waals surface area (Å²) in [5.74, 6) is 1.88. The summed E-state index contributed by atoms with van der Waals surface area (Å²) in [5.41, 5.74) is 2.29. The second-order valence-corrected chi connectivity index (χ2v) is 4.76. The second-order valence-electron chi connectivity index (χ2n) is 4.76. The van der Waals surface area contributed by atoms with Gasteiger partial charge in [0.2, 0.25) is 0 Å². The molecule has 1 heteroatoms. The van der Waals surface area contributed by atoms with Crippen molar-refractivity contribution < 1.29 is 5.11 Å². The standard InChI is InChI=1S/C13H22O.C2H4/c1-9(2)13-7-12(11(4)8-14)6-5-10(13)3;1-2/h10,12-14H,1,4-8H2,2-3H3;1-2H2. The zero-order chi connectivity index (χ0) is 12.7. The zero-order valence-electron chi connectivity index (χ0n) is 10.8. The van der Waals surface area contributed by atoms with Crippen molar-refractivity contribution in [2.24, 2.45) is 17.8 Å². The van der Waals surface area contributed by atoms with Crippen molar-refractivity contribution in [1.82, 2.24) is 0 Å². The Hall–Kier alpha value is -0.820. The van der Waals surface area contributed by atoms with Gasteiger partial charge in [-0.1, -0.05) is 25.7 Å². The topological polar surface area (TPSA) is 20.2 Å². The van der Waals surface area contributed by atoms with Crippen molar-refractivity contribution in [1.29, 1.82) is 0 Å². The van der Waals surface area contributed by atoms with Crippen molar-refractivity contribution >= 4 is 0 Å². The summed E-state index contributed by atoms with van der Waals surface area (Å²) in [6, 6.07) is 0. The minimum Gasteiger partial charge on any atom is -0.392 e. The van der Waals surface area contributed by atoms with Crippen LogP contribution < -0.4 is 0 Å². The number of rotatable bonds is 3. The number of allylic oxidation sites excluding steroid dienone is 1. The molecule has 0 saturated heterocycles. The van der Waals surface area contributed by atoms with E-state index in [0.717, 1.165) is 17.9 Å². The number of hydrogen-bond acceptors (Lipinski definition) is 1. The van der Waals surface area contributed by atoms with E-state index in [4.69, 9.17) is 5.11 Å². The Bertz CT molecular complexity index is 242. The van der Waals surface area contributed by atoms with Crippen molar-refractivity contribution in [3.63, 3.8) is 0 Å². The van der Waals surface area contributed by atoms with E-state index in [9.17, 15) is 0 Å². The third-order valence-electron chi connectivity index (χ3n) is 3.61. The first kappa shape index (κ1) is 15.2. The van der Waals surface area contributed by atoms with Crippen LogP contribution in [-0.2, 0) is 0 Å². The number of aliphatic hydroxyl groups is 1. The predicted octanol–water partition coefficient (Wildman–Crippen LogP) is 3.97. The summed E-state index contributed by atoms with van der Waals surface area (Å²) in [4.78, 5) is 0. The maximum atomic E-state index is 9.06. The fourth-order valence-electron chi connectivity index (χ4n) is 2.51. The molecule has 3 atom stereocenters. The molecule has 1 N–H and O–H groups in total. The second kappa shape index (κ2) is 7.45. The highest BCUT2D eigenvalue weighted by Gasteiger charge is 2.28.